The van der Waals surface area contributed by atoms with Crippen molar-refractivity contribution >= 4 is 5.91 Å². The van der Waals surface area contributed by atoms with Crippen LogP contribution in [-0.2, 0) is 11.3 Å². The molecule has 0 spiro atoms. The van der Waals surface area contributed by atoms with Gasteiger partial charge < -0.3 is 9.73 Å². The molecule has 0 aliphatic rings. The smallest absolute Gasteiger partial charge is 0.267 e. The fourth-order valence-electron chi connectivity index (χ4n) is 3.29. The highest BCUT2D eigenvalue weighted by molar-refractivity contribution is 5.79. The Balaban J connectivity index is 1.44. The van der Waals surface area contributed by atoms with E-state index in [-0.39, 0.29) is 30.1 Å². The summed E-state index contributed by atoms with van der Waals surface area (Å²) in [5, 5.41) is 11.4. The van der Waals surface area contributed by atoms with Gasteiger partial charge in [-0.1, -0.05) is 29.8 Å². The summed E-state index contributed by atoms with van der Waals surface area (Å²) in [5.41, 5.74) is 2.41. The molecule has 3 aromatic heterocycles. The minimum absolute atomic E-state index is 0.157. The molecule has 0 saturated heterocycles. The molecule has 33 heavy (non-hydrogen) atoms. The van der Waals surface area contributed by atoms with Crippen molar-refractivity contribution in [2.75, 3.05) is 6.54 Å². The number of benzene rings is 1. The van der Waals surface area contributed by atoms with Gasteiger partial charge in [0.1, 0.15) is 11.7 Å². The molecule has 9 heteroatoms. The summed E-state index contributed by atoms with van der Waals surface area (Å²) < 4.78 is 7.72. The van der Waals surface area contributed by atoms with Crippen LogP contribution in [0.25, 0.3) is 22.7 Å². The van der Waals surface area contributed by atoms with Crippen LogP contribution in [-0.4, -0.2) is 32.0 Å². The summed E-state index contributed by atoms with van der Waals surface area (Å²) in [4.78, 5) is 37.1. The Hall–Kier alpha value is -4.27. The van der Waals surface area contributed by atoms with Gasteiger partial charge >= 0.3 is 0 Å². The van der Waals surface area contributed by atoms with Gasteiger partial charge in [-0.25, -0.2) is 9.36 Å². The number of aromatic nitrogens is 4. The molecule has 0 aliphatic heterocycles. The number of carbonyl (C=O) groups is 1. The standard InChI is InChI=1S/C24H23N5O4/c1-16-5-7-18(8-6-16)19-9-12-23(31)29(27-19)17(2)24(32)25-13-14-28-22(30)11-10-20(26-28)21-4-3-15-33-21/h3-12,15,17H,13-14H2,1-2H3,(H,25,32). The van der Waals surface area contributed by atoms with E-state index in [1.165, 1.54) is 23.1 Å². The maximum absolute atomic E-state index is 12.7. The number of nitrogens with zero attached hydrogens (tertiary/aromatic N) is 4. The van der Waals surface area contributed by atoms with Gasteiger partial charge in [0.15, 0.2) is 5.76 Å². The lowest BCUT2D eigenvalue weighted by Crippen LogP contribution is -2.39. The van der Waals surface area contributed by atoms with Crippen LogP contribution < -0.4 is 16.4 Å². The summed E-state index contributed by atoms with van der Waals surface area (Å²) in [7, 11) is 0. The first-order chi connectivity index (χ1) is 15.9. The van der Waals surface area contributed by atoms with E-state index in [2.05, 4.69) is 15.5 Å². The van der Waals surface area contributed by atoms with E-state index in [1.54, 1.807) is 31.2 Å². The number of rotatable bonds is 7. The van der Waals surface area contributed by atoms with Gasteiger partial charge in [0, 0.05) is 24.2 Å². The van der Waals surface area contributed by atoms with E-state index in [9.17, 15) is 14.4 Å². The van der Waals surface area contributed by atoms with Crippen LogP contribution >= 0.6 is 0 Å². The van der Waals surface area contributed by atoms with Gasteiger partial charge in [-0.15, -0.1) is 0 Å². The summed E-state index contributed by atoms with van der Waals surface area (Å²) in [6.07, 6.45) is 1.53. The first kappa shape index (κ1) is 21.9. The molecule has 1 N–H and O–H groups in total. The first-order valence-corrected chi connectivity index (χ1v) is 10.5. The van der Waals surface area contributed by atoms with E-state index in [1.807, 2.05) is 31.2 Å². The third-order valence-corrected chi connectivity index (χ3v) is 5.18. The third-order valence-electron chi connectivity index (χ3n) is 5.18. The number of hydrogen-bond donors (Lipinski definition) is 1. The Labute approximate surface area is 189 Å². The quantitative estimate of drug-likeness (QED) is 0.468. The summed E-state index contributed by atoms with van der Waals surface area (Å²) in [5.74, 6) is 0.154. The van der Waals surface area contributed by atoms with Gasteiger partial charge in [0.05, 0.1) is 18.5 Å². The molecule has 0 saturated carbocycles. The van der Waals surface area contributed by atoms with Crippen molar-refractivity contribution in [2.24, 2.45) is 0 Å². The van der Waals surface area contributed by atoms with Crippen LogP contribution in [0.1, 0.15) is 18.5 Å². The number of carbonyl (C=O) groups excluding carboxylic acids is 1. The van der Waals surface area contributed by atoms with Crippen molar-refractivity contribution in [1.29, 1.82) is 0 Å². The molecule has 0 aliphatic carbocycles. The van der Waals surface area contributed by atoms with Gasteiger partial charge in [-0.3, -0.25) is 14.4 Å². The zero-order valence-corrected chi connectivity index (χ0v) is 18.3. The SMILES string of the molecule is Cc1ccc(-c2ccc(=O)n(C(C)C(=O)NCCn3nc(-c4ccco4)ccc3=O)n2)cc1. The Morgan fingerprint density at radius 2 is 1.70 bits per heavy atom. The highest BCUT2D eigenvalue weighted by Crippen LogP contribution is 2.17. The number of furan rings is 1. The Bertz CT molecular complexity index is 1370. The minimum Gasteiger partial charge on any atom is -0.463 e. The molecule has 1 amide bonds. The Morgan fingerprint density at radius 3 is 2.42 bits per heavy atom. The van der Waals surface area contributed by atoms with E-state index < -0.39 is 6.04 Å². The molecule has 0 fully saturated rings. The molecule has 3 heterocycles. The number of hydrogen-bond acceptors (Lipinski definition) is 6. The normalized spacial score (nSPS) is 11.8. The zero-order valence-electron chi connectivity index (χ0n) is 18.3. The number of amides is 1. The van der Waals surface area contributed by atoms with Crippen LogP contribution in [0.2, 0.25) is 0 Å². The maximum atomic E-state index is 12.7. The molecule has 0 radical (unpaired) electrons. The second kappa shape index (κ2) is 9.47. The van der Waals surface area contributed by atoms with Crippen molar-refractivity contribution in [1.82, 2.24) is 24.9 Å². The fourth-order valence-corrected chi connectivity index (χ4v) is 3.29. The molecular formula is C24H23N5O4. The van der Waals surface area contributed by atoms with E-state index in [4.69, 9.17) is 4.42 Å². The van der Waals surface area contributed by atoms with E-state index >= 15 is 0 Å². The average molecular weight is 445 g/mol. The Morgan fingerprint density at radius 1 is 0.970 bits per heavy atom. The topological polar surface area (TPSA) is 112 Å². The maximum Gasteiger partial charge on any atom is 0.267 e. The summed E-state index contributed by atoms with van der Waals surface area (Å²) in [6.45, 7) is 3.91. The predicted molar refractivity (Wildman–Crippen MR) is 123 cm³/mol. The highest BCUT2D eigenvalue weighted by atomic mass is 16.3. The van der Waals surface area contributed by atoms with Crippen molar-refractivity contribution < 1.29 is 9.21 Å². The van der Waals surface area contributed by atoms with Crippen molar-refractivity contribution in [2.45, 2.75) is 26.4 Å². The van der Waals surface area contributed by atoms with Crippen LogP contribution in [0.5, 0.6) is 0 Å². The monoisotopic (exact) mass is 445 g/mol. The lowest BCUT2D eigenvalue weighted by atomic mass is 10.1. The lowest BCUT2D eigenvalue weighted by Gasteiger charge is -2.15. The molecule has 4 aromatic rings. The second-order valence-electron chi connectivity index (χ2n) is 7.59. The summed E-state index contributed by atoms with van der Waals surface area (Å²) >= 11 is 0. The van der Waals surface area contributed by atoms with Crippen molar-refractivity contribution in [3.8, 4) is 22.7 Å². The molecule has 1 aromatic carbocycles. The molecule has 168 valence electrons. The van der Waals surface area contributed by atoms with Crippen molar-refractivity contribution in [3.63, 3.8) is 0 Å². The van der Waals surface area contributed by atoms with Crippen LogP contribution in [0.15, 0.2) is 80.9 Å². The highest BCUT2D eigenvalue weighted by Gasteiger charge is 2.18. The third kappa shape index (κ3) is 4.98. The molecule has 0 bridgehead atoms. The lowest BCUT2D eigenvalue weighted by molar-refractivity contribution is -0.124. The second-order valence-corrected chi connectivity index (χ2v) is 7.59. The van der Waals surface area contributed by atoms with Gasteiger partial charge in [0.2, 0.25) is 5.91 Å². The predicted octanol–water partition coefficient (Wildman–Crippen LogP) is 2.41. The fraction of sp³-hybridized carbons (Fsp3) is 0.208. The number of nitrogens with one attached hydrogen (secondary N) is 1. The van der Waals surface area contributed by atoms with Crippen LogP contribution in [0, 0.1) is 6.92 Å². The molecule has 9 nitrogen and oxygen atoms in total. The molecule has 1 atom stereocenters. The van der Waals surface area contributed by atoms with Gasteiger partial charge in [-0.05, 0) is 38.1 Å². The summed E-state index contributed by atoms with van der Waals surface area (Å²) in [6, 6.07) is 16.4. The zero-order chi connectivity index (χ0) is 23.4. The van der Waals surface area contributed by atoms with E-state index in [0.717, 1.165) is 15.8 Å². The first-order valence-electron chi connectivity index (χ1n) is 10.5. The van der Waals surface area contributed by atoms with Crippen molar-refractivity contribution in [3.05, 3.63) is 93.2 Å². The average Bonchev–Trinajstić information content (AvgIpc) is 3.36. The van der Waals surface area contributed by atoms with E-state index in [0.29, 0.717) is 17.1 Å². The molecular weight excluding hydrogens is 422 g/mol. The Kier molecular flexibility index (Phi) is 6.30. The van der Waals surface area contributed by atoms with Gasteiger partial charge in [-0.2, -0.15) is 10.2 Å². The largest absolute Gasteiger partial charge is 0.463 e. The molecule has 4 rings (SSSR count). The number of aryl methyl sites for hydroxylation is 1. The minimum atomic E-state index is -0.831. The van der Waals surface area contributed by atoms with Crippen LogP contribution in [0.4, 0.5) is 0 Å². The van der Waals surface area contributed by atoms with Gasteiger partial charge in [0.25, 0.3) is 11.1 Å². The van der Waals surface area contributed by atoms with Crippen LogP contribution in [0.3, 0.4) is 0 Å². The molecule has 1 unspecified atom stereocenters.